The lowest BCUT2D eigenvalue weighted by Crippen LogP contribution is -2.47. The summed E-state index contributed by atoms with van der Waals surface area (Å²) in [5, 5.41) is 2.11. The molecule has 0 aliphatic heterocycles. The van der Waals surface area contributed by atoms with Crippen LogP contribution in [0.15, 0.2) is 65.1 Å². The first-order valence-corrected chi connectivity index (χ1v) is 9.36. The highest BCUT2D eigenvalue weighted by molar-refractivity contribution is 9.10. The van der Waals surface area contributed by atoms with Gasteiger partial charge in [-0.15, -0.1) is 0 Å². The zero-order chi connectivity index (χ0) is 20.1. The molecule has 1 unspecified atom stereocenters. The molecule has 0 radical (unpaired) electrons. The van der Waals surface area contributed by atoms with E-state index in [2.05, 4.69) is 26.8 Å². The van der Waals surface area contributed by atoms with E-state index in [4.69, 9.17) is 9.47 Å². The average Bonchev–Trinajstić information content (AvgIpc) is 2.71. The monoisotopic (exact) mass is 442 g/mol. The van der Waals surface area contributed by atoms with E-state index in [1.54, 1.807) is 31.2 Å². The van der Waals surface area contributed by atoms with Gasteiger partial charge in [-0.25, -0.2) is 0 Å². The van der Waals surface area contributed by atoms with Gasteiger partial charge in [0.1, 0.15) is 11.5 Å². The number of carbonyl (C=O) groups excluding carboxylic acids is 2. The Hall–Kier alpha value is -3.06. The topological polar surface area (TPSA) is 76.7 Å². The van der Waals surface area contributed by atoms with E-state index in [1.807, 2.05) is 36.4 Å². The van der Waals surface area contributed by atoms with Gasteiger partial charge in [0, 0.05) is 5.56 Å². The summed E-state index contributed by atoms with van der Waals surface area (Å²) in [6.07, 6.45) is -0.788. The number of methoxy groups -OCH3 is 1. The van der Waals surface area contributed by atoms with Crippen LogP contribution in [-0.2, 0) is 4.79 Å². The fourth-order valence-corrected chi connectivity index (χ4v) is 3.14. The van der Waals surface area contributed by atoms with Crippen LogP contribution < -0.4 is 20.3 Å². The molecule has 3 aromatic carbocycles. The first-order chi connectivity index (χ1) is 13.5. The maximum Gasteiger partial charge on any atom is 0.279 e. The second-order valence-electron chi connectivity index (χ2n) is 6.06. The molecule has 0 bridgehead atoms. The maximum absolute atomic E-state index is 12.2. The largest absolute Gasteiger partial charge is 0.496 e. The Morgan fingerprint density at radius 2 is 1.71 bits per heavy atom. The number of hydrogen-bond donors (Lipinski definition) is 2. The zero-order valence-corrected chi connectivity index (χ0v) is 16.9. The quantitative estimate of drug-likeness (QED) is 0.588. The lowest BCUT2D eigenvalue weighted by molar-refractivity contribution is -0.128. The van der Waals surface area contributed by atoms with Crippen LogP contribution in [0.4, 0.5) is 0 Å². The molecule has 1 atom stereocenters. The van der Waals surface area contributed by atoms with Crippen LogP contribution in [0.3, 0.4) is 0 Å². The van der Waals surface area contributed by atoms with Crippen molar-refractivity contribution in [3.63, 3.8) is 0 Å². The molecule has 2 N–H and O–H groups in total. The standard InChI is InChI=1S/C21H19BrN2O4/c1-13(28-17-9-7-14-5-3-4-6-15(14)11-17)20(25)23-24-21(26)16-8-10-19(27-2)18(22)12-16/h3-13H,1-2H3,(H,23,25)(H,24,26). The van der Waals surface area contributed by atoms with E-state index in [1.165, 1.54) is 7.11 Å². The van der Waals surface area contributed by atoms with Crippen molar-refractivity contribution in [3.05, 3.63) is 70.7 Å². The number of fused-ring (bicyclic) bond motifs is 1. The predicted octanol–water partition coefficient (Wildman–Crippen LogP) is 3.84. The number of carbonyl (C=O) groups is 2. The second kappa shape index (κ2) is 8.75. The molecular weight excluding hydrogens is 424 g/mol. The number of benzene rings is 3. The third kappa shape index (κ3) is 4.61. The number of rotatable bonds is 5. The first-order valence-electron chi connectivity index (χ1n) is 8.57. The molecule has 0 aliphatic rings. The summed E-state index contributed by atoms with van der Waals surface area (Å²) < 4.78 is 11.5. The molecule has 6 nitrogen and oxygen atoms in total. The lowest BCUT2D eigenvalue weighted by atomic mass is 10.1. The van der Waals surface area contributed by atoms with Gasteiger partial charge in [-0.1, -0.05) is 30.3 Å². The van der Waals surface area contributed by atoms with Crippen LogP contribution in [-0.4, -0.2) is 25.0 Å². The fraction of sp³-hybridized carbons (Fsp3) is 0.143. The summed E-state index contributed by atoms with van der Waals surface area (Å²) >= 11 is 3.32. The smallest absolute Gasteiger partial charge is 0.279 e. The molecule has 3 rings (SSSR count). The fourth-order valence-electron chi connectivity index (χ4n) is 2.60. The Morgan fingerprint density at radius 1 is 0.964 bits per heavy atom. The molecule has 3 aromatic rings. The van der Waals surface area contributed by atoms with Gasteiger partial charge in [0.15, 0.2) is 6.10 Å². The van der Waals surface area contributed by atoms with Crippen molar-refractivity contribution in [2.45, 2.75) is 13.0 Å². The molecule has 2 amide bonds. The maximum atomic E-state index is 12.2. The van der Waals surface area contributed by atoms with Gasteiger partial charge in [0.25, 0.3) is 11.8 Å². The van der Waals surface area contributed by atoms with Crippen LogP contribution in [0, 0.1) is 0 Å². The average molecular weight is 443 g/mol. The van der Waals surface area contributed by atoms with Gasteiger partial charge in [0.2, 0.25) is 0 Å². The minimum Gasteiger partial charge on any atom is -0.496 e. The predicted molar refractivity (Wildman–Crippen MR) is 110 cm³/mol. The molecule has 28 heavy (non-hydrogen) atoms. The number of nitrogens with one attached hydrogen (secondary N) is 2. The molecule has 0 aliphatic carbocycles. The number of hydrazine groups is 1. The summed E-state index contributed by atoms with van der Waals surface area (Å²) in [5.41, 5.74) is 5.13. The van der Waals surface area contributed by atoms with Crippen molar-refractivity contribution in [1.82, 2.24) is 10.9 Å². The van der Waals surface area contributed by atoms with Gasteiger partial charge in [-0.05, 0) is 64.0 Å². The highest BCUT2D eigenvalue weighted by Gasteiger charge is 2.16. The molecular formula is C21H19BrN2O4. The summed E-state index contributed by atoms with van der Waals surface area (Å²) in [4.78, 5) is 24.4. The van der Waals surface area contributed by atoms with E-state index < -0.39 is 17.9 Å². The number of hydrogen-bond acceptors (Lipinski definition) is 4. The van der Waals surface area contributed by atoms with Gasteiger partial charge < -0.3 is 9.47 Å². The van der Waals surface area contributed by atoms with Gasteiger partial charge in [0.05, 0.1) is 11.6 Å². The molecule has 0 saturated carbocycles. The second-order valence-corrected chi connectivity index (χ2v) is 6.92. The van der Waals surface area contributed by atoms with Crippen LogP contribution >= 0.6 is 15.9 Å². The van der Waals surface area contributed by atoms with Gasteiger partial charge in [-0.3, -0.25) is 20.4 Å². The lowest BCUT2D eigenvalue weighted by Gasteiger charge is -2.15. The Labute approximate surface area is 170 Å². The third-order valence-electron chi connectivity index (χ3n) is 4.12. The highest BCUT2D eigenvalue weighted by atomic mass is 79.9. The van der Waals surface area contributed by atoms with Crippen molar-refractivity contribution in [2.75, 3.05) is 7.11 Å². The summed E-state index contributed by atoms with van der Waals surface area (Å²) in [6, 6.07) is 18.3. The SMILES string of the molecule is COc1ccc(C(=O)NNC(=O)C(C)Oc2ccc3ccccc3c2)cc1Br. The minimum atomic E-state index is -0.788. The summed E-state index contributed by atoms with van der Waals surface area (Å²) in [5.74, 6) is 0.272. The van der Waals surface area contributed by atoms with Crippen molar-refractivity contribution in [2.24, 2.45) is 0 Å². The van der Waals surface area contributed by atoms with Crippen molar-refractivity contribution in [3.8, 4) is 11.5 Å². The van der Waals surface area contributed by atoms with E-state index in [0.29, 0.717) is 21.5 Å². The summed E-state index contributed by atoms with van der Waals surface area (Å²) in [7, 11) is 1.54. The Bertz CT molecular complexity index is 1020. The molecule has 0 fully saturated rings. The molecule has 0 saturated heterocycles. The Morgan fingerprint density at radius 3 is 2.43 bits per heavy atom. The Kier molecular flexibility index (Phi) is 6.16. The van der Waals surface area contributed by atoms with Crippen molar-refractivity contribution in [1.29, 1.82) is 0 Å². The number of ether oxygens (including phenoxy) is 2. The zero-order valence-electron chi connectivity index (χ0n) is 15.4. The van der Waals surface area contributed by atoms with E-state index >= 15 is 0 Å². The number of halogens is 1. The third-order valence-corrected chi connectivity index (χ3v) is 4.74. The molecule has 144 valence electrons. The van der Waals surface area contributed by atoms with Crippen molar-refractivity contribution >= 4 is 38.5 Å². The van der Waals surface area contributed by atoms with Crippen LogP contribution in [0.5, 0.6) is 11.5 Å². The molecule has 7 heteroatoms. The normalized spacial score (nSPS) is 11.5. The minimum absolute atomic E-state index is 0.371. The van der Waals surface area contributed by atoms with E-state index in [9.17, 15) is 9.59 Å². The molecule has 0 heterocycles. The summed E-state index contributed by atoms with van der Waals surface area (Å²) in [6.45, 7) is 1.61. The van der Waals surface area contributed by atoms with Crippen LogP contribution in [0.1, 0.15) is 17.3 Å². The number of amides is 2. The Balaban J connectivity index is 1.57. The van der Waals surface area contributed by atoms with E-state index in [0.717, 1.165) is 10.8 Å². The highest BCUT2D eigenvalue weighted by Crippen LogP contribution is 2.25. The van der Waals surface area contributed by atoms with E-state index in [-0.39, 0.29) is 0 Å². The molecule has 0 spiro atoms. The van der Waals surface area contributed by atoms with Gasteiger partial charge >= 0.3 is 0 Å². The molecule has 0 aromatic heterocycles. The van der Waals surface area contributed by atoms with Crippen molar-refractivity contribution < 1.29 is 19.1 Å². The van der Waals surface area contributed by atoms with Gasteiger partial charge in [-0.2, -0.15) is 0 Å². The van der Waals surface area contributed by atoms with Crippen LogP contribution in [0.25, 0.3) is 10.8 Å². The first kappa shape index (κ1) is 19.7. The van der Waals surface area contributed by atoms with Crippen LogP contribution in [0.2, 0.25) is 0 Å².